The van der Waals surface area contributed by atoms with Crippen molar-refractivity contribution in [3.8, 4) is 6.07 Å². The van der Waals surface area contributed by atoms with E-state index in [2.05, 4.69) is 6.07 Å². The second-order valence-electron chi connectivity index (χ2n) is 7.46. The number of rotatable bonds is 5. The van der Waals surface area contributed by atoms with Gasteiger partial charge in [-0.05, 0) is 72.9 Å². The van der Waals surface area contributed by atoms with E-state index >= 15 is 0 Å². The highest BCUT2D eigenvalue weighted by Gasteiger charge is 2.46. The molecule has 8 heteroatoms. The number of benzene rings is 1. The molecule has 2 aliphatic rings. The molecule has 1 aromatic carbocycles. The average molecular weight is 437 g/mol. The van der Waals surface area contributed by atoms with E-state index in [0.717, 1.165) is 37.0 Å². The molecule has 1 aromatic heterocycles. The zero-order chi connectivity index (χ0) is 19.9. The standard InChI is InChI=1S/C20H21ClN2O3S2/c1-26-12-23(28(24,25)19-7-6-18(21)27-19)20-15-4-5-16(20)10-17-8-13(11-22)2-3-14(17)9-15/h2-3,6-8,15-16,20H,4-5,9-10,12H2,1H3. The Balaban J connectivity index is 1.72. The van der Waals surface area contributed by atoms with Gasteiger partial charge in [-0.2, -0.15) is 9.57 Å². The lowest BCUT2D eigenvalue weighted by atomic mass is 9.92. The van der Waals surface area contributed by atoms with Crippen molar-refractivity contribution in [2.45, 2.75) is 35.9 Å². The van der Waals surface area contributed by atoms with Gasteiger partial charge < -0.3 is 4.74 Å². The Kier molecular flexibility index (Phi) is 5.51. The van der Waals surface area contributed by atoms with Crippen molar-refractivity contribution in [3.05, 3.63) is 51.4 Å². The van der Waals surface area contributed by atoms with Crippen LogP contribution < -0.4 is 0 Å². The minimum absolute atomic E-state index is 0.0231. The molecule has 1 fully saturated rings. The molecule has 2 aromatic rings. The van der Waals surface area contributed by atoms with Crippen LogP contribution in [-0.4, -0.2) is 32.6 Å². The Labute approximate surface area is 174 Å². The number of nitrogens with zero attached hydrogens (tertiary/aromatic N) is 2. The topological polar surface area (TPSA) is 70.4 Å². The van der Waals surface area contributed by atoms with Crippen molar-refractivity contribution in [1.29, 1.82) is 5.26 Å². The summed E-state index contributed by atoms with van der Waals surface area (Å²) in [6.07, 6.45) is 3.58. The van der Waals surface area contributed by atoms with Crippen LogP contribution in [0.3, 0.4) is 0 Å². The first kappa shape index (κ1) is 19.9. The molecule has 5 nitrogen and oxygen atoms in total. The molecule has 0 radical (unpaired) electrons. The molecule has 0 aliphatic heterocycles. The van der Waals surface area contributed by atoms with Gasteiger partial charge >= 0.3 is 0 Å². The van der Waals surface area contributed by atoms with Crippen molar-refractivity contribution < 1.29 is 13.2 Å². The second-order valence-corrected chi connectivity index (χ2v) is 11.3. The third-order valence-corrected chi connectivity index (χ3v) is 9.39. The number of hydrogen-bond donors (Lipinski definition) is 0. The summed E-state index contributed by atoms with van der Waals surface area (Å²) in [6.45, 7) is 0.0231. The van der Waals surface area contributed by atoms with Crippen molar-refractivity contribution in [2.24, 2.45) is 11.8 Å². The van der Waals surface area contributed by atoms with Crippen LogP contribution in [0, 0.1) is 23.2 Å². The summed E-state index contributed by atoms with van der Waals surface area (Å²) >= 11 is 7.07. The number of halogens is 1. The quantitative estimate of drug-likeness (QED) is 0.662. The van der Waals surface area contributed by atoms with Crippen LogP contribution in [0.2, 0.25) is 4.34 Å². The lowest BCUT2D eigenvalue weighted by Crippen LogP contribution is -2.46. The summed E-state index contributed by atoms with van der Waals surface area (Å²) in [6, 6.07) is 11.1. The molecule has 0 N–H and O–H groups in total. The van der Waals surface area contributed by atoms with Crippen LogP contribution in [0.4, 0.5) is 0 Å². The summed E-state index contributed by atoms with van der Waals surface area (Å²) in [5.74, 6) is 0.445. The largest absolute Gasteiger partial charge is 0.368 e. The van der Waals surface area contributed by atoms with Gasteiger partial charge in [-0.25, -0.2) is 8.42 Å². The highest BCUT2D eigenvalue weighted by molar-refractivity contribution is 7.91. The molecule has 2 bridgehead atoms. The van der Waals surface area contributed by atoms with E-state index in [0.29, 0.717) is 9.90 Å². The molecular weight excluding hydrogens is 416 g/mol. The van der Waals surface area contributed by atoms with Crippen molar-refractivity contribution in [3.63, 3.8) is 0 Å². The van der Waals surface area contributed by atoms with Crippen LogP contribution in [0.1, 0.15) is 29.5 Å². The van der Waals surface area contributed by atoms with Crippen LogP contribution >= 0.6 is 22.9 Å². The Morgan fingerprint density at radius 1 is 1.21 bits per heavy atom. The van der Waals surface area contributed by atoms with E-state index in [1.54, 1.807) is 12.1 Å². The zero-order valence-corrected chi connectivity index (χ0v) is 17.9. The number of thiophene rings is 1. The van der Waals surface area contributed by atoms with Crippen molar-refractivity contribution in [2.75, 3.05) is 13.8 Å². The molecule has 148 valence electrons. The molecule has 28 heavy (non-hydrogen) atoms. The first-order valence-electron chi connectivity index (χ1n) is 9.22. The van der Waals surface area contributed by atoms with E-state index in [-0.39, 0.29) is 28.8 Å². The molecule has 0 amide bonds. The summed E-state index contributed by atoms with van der Waals surface area (Å²) in [5, 5.41) is 9.22. The molecule has 1 heterocycles. The van der Waals surface area contributed by atoms with Gasteiger partial charge in [-0.3, -0.25) is 0 Å². The van der Waals surface area contributed by atoms with Gasteiger partial charge in [0.05, 0.1) is 16.0 Å². The van der Waals surface area contributed by atoms with Gasteiger partial charge in [0.15, 0.2) is 0 Å². The number of sulfonamides is 1. The monoisotopic (exact) mass is 436 g/mol. The fraction of sp³-hybridized carbons (Fsp3) is 0.450. The molecular formula is C20H21ClN2O3S2. The number of ether oxygens (including phenoxy) is 1. The third-order valence-electron chi connectivity index (χ3n) is 5.87. The molecule has 0 saturated heterocycles. The summed E-state index contributed by atoms with van der Waals surface area (Å²) in [5.41, 5.74) is 3.05. The lowest BCUT2D eigenvalue weighted by Gasteiger charge is -2.33. The first-order chi connectivity index (χ1) is 13.4. The molecule has 3 atom stereocenters. The average Bonchev–Trinajstić information content (AvgIpc) is 3.22. The van der Waals surface area contributed by atoms with Gasteiger partial charge in [0, 0.05) is 13.2 Å². The lowest BCUT2D eigenvalue weighted by molar-refractivity contribution is 0.0696. The van der Waals surface area contributed by atoms with E-state index in [1.807, 2.05) is 18.2 Å². The fourth-order valence-corrected chi connectivity index (χ4v) is 7.99. The number of fused-ring (bicyclic) bond motifs is 3. The Morgan fingerprint density at radius 3 is 2.54 bits per heavy atom. The maximum atomic E-state index is 13.4. The maximum Gasteiger partial charge on any atom is 0.254 e. The van der Waals surface area contributed by atoms with Gasteiger partial charge in [0.2, 0.25) is 0 Å². The molecule has 3 unspecified atom stereocenters. The van der Waals surface area contributed by atoms with E-state index in [4.69, 9.17) is 16.3 Å². The van der Waals surface area contributed by atoms with Gasteiger partial charge in [-0.15, -0.1) is 11.3 Å². The summed E-state index contributed by atoms with van der Waals surface area (Å²) < 4.78 is 34.4. The number of nitriles is 1. The van der Waals surface area contributed by atoms with E-state index in [1.165, 1.54) is 22.5 Å². The van der Waals surface area contributed by atoms with Crippen LogP contribution in [0.5, 0.6) is 0 Å². The minimum Gasteiger partial charge on any atom is -0.368 e. The highest BCUT2D eigenvalue weighted by atomic mass is 35.5. The molecule has 2 aliphatic carbocycles. The Morgan fingerprint density at radius 2 is 1.93 bits per heavy atom. The molecule has 0 spiro atoms. The smallest absolute Gasteiger partial charge is 0.254 e. The predicted molar refractivity (Wildman–Crippen MR) is 109 cm³/mol. The highest BCUT2D eigenvalue weighted by Crippen LogP contribution is 2.45. The fourth-order valence-electron chi connectivity index (χ4n) is 4.71. The van der Waals surface area contributed by atoms with Crippen LogP contribution in [0.25, 0.3) is 0 Å². The van der Waals surface area contributed by atoms with Crippen molar-refractivity contribution >= 4 is 33.0 Å². The van der Waals surface area contributed by atoms with Crippen LogP contribution in [0.15, 0.2) is 34.5 Å². The number of hydrogen-bond acceptors (Lipinski definition) is 5. The first-order valence-corrected chi connectivity index (χ1v) is 11.9. The second kappa shape index (κ2) is 7.77. The third kappa shape index (κ3) is 3.49. The zero-order valence-electron chi connectivity index (χ0n) is 15.5. The van der Waals surface area contributed by atoms with Crippen LogP contribution in [-0.2, 0) is 27.6 Å². The van der Waals surface area contributed by atoms with E-state index < -0.39 is 10.0 Å². The normalized spacial score (nSPS) is 24.0. The summed E-state index contributed by atoms with van der Waals surface area (Å²) in [7, 11) is -2.17. The predicted octanol–water partition coefficient (Wildman–Crippen LogP) is 4.06. The summed E-state index contributed by atoms with van der Waals surface area (Å²) in [4.78, 5) is 0. The maximum absolute atomic E-state index is 13.4. The molecule has 4 rings (SSSR count). The Hall–Kier alpha value is -1.43. The Bertz CT molecular complexity index is 1030. The minimum atomic E-state index is -3.69. The van der Waals surface area contributed by atoms with E-state index in [9.17, 15) is 13.7 Å². The SMILES string of the molecule is COCN(C1C2CCC1Cc1cc(C#N)ccc1C2)S(=O)(=O)c1ccc(Cl)s1. The van der Waals surface area contributed by atoms with Gasteiger partial charge in [0.25, 0.3) is 10.0 Å². The molecule has 1 saturated carbocycles. The van der Waals surface area contributed by atoms with Crippen molar-refractivity contribution in [1.82, 2.24) is 4.31 Å². The number of methoxy groups -OCH3 is 1. The van der Waals surface area contributed by atoms with Gasteiger partial charge in [-0.1, -0.05) is 17.7 Å². The van der Waals surface area contributed by atoms with Gasteiger partial charge in [0.1, 0.15) is 10.9 Å².